The summed E-state index contributed by atoms with van der Waals surface area (Å²) >= 11 is 5.51. The van der Waals surface area contributed by atoms with Crippen LogP contribution in [0.25, 0.3) is 0 Å². The predicted octanol–water partition coefficient (Wildman–Crippen LogP) is 3.25. The highest BCUT2D eigenvalue weighted by Gasteiger charge is 2.33. The summed E-state index contributed by atoms with van der Waals surface area (Å²) in [5, 5.41) is 5.18. The lowest BCUT2D eigenvalue weighted by Crippen LogP contribution is -2.33. The Morgan fingerprint density at radius 1 is 1.35 bits per heavy atom. The molecule has 1 atom stereocenters. The maximum atomic E-state index is 12.9. The van der Waals surface area contributed by atoms with Crippen LogP contribution in [-0.4, -0.2) is 21.7 Å². The zero-order valence-electron chi connectivity index (χ0n) is 10.4. The summed E-state index contributed by atoms with van der Waals surface area (Å²) in [6, 6.07) is -1.11. The van der Waals surface area contributed by atoms with Gasteiger partial charge >= 0.3 is 0 Å². The van der Waals surface area contributed by atoms with Gasteiger partial charge in [-0.25, -0.2) is 22.2 Å². The van der Waals surface area contributed by atoms with Crippen molar-refractivity contribution in [2.45, 2.75) is 44.7 Å². The van der Waals surface area contributed by atoms with Crippen molar-refractivity contribution in [1.82, 2.24) is 15.1 Å². The monoisotopic (exact) mass is 313 g/mol. The van der Waals surface area contributed by atoms with Crippen LogP contribution >= 0.6 is 11.6 Å². The van der Waals surface area contributed by atoms with Gasteiger partial charge in [0, 0.05) is 6.04 Å². The maximum absolute atomic E-state index is 12.9. The molecule has 20 heavy (non-hydrogen) atoms. The molecule has 0 aliphatic heterocycles. The average molecular weight is 314 g/mol. The van der Waals surface area contributed by atoms with E-state index in [1.165, 1.54) is 6.92 Å². The fourth-order valence-corrected chi connectivity index (χ4v) is 2.03. The molecule has 9 heteroatoms. The normalized spacial score (nSPS) is 16.8. The van der Waals surface area contributed by atoms with Gasteiger partial charge in [-0.2, -0.15) is 5.10 Å². The summed E-state index contributed by atoms with van der Waals surface area (Å²) in [5.74, 6) is -0.547. The summed E-state index contributed by atoms with van der Waals surface area (Å²) in [5.41, 5.74) is -1.80. The molecule has 1 aliphatic carbocycles. The van der Waals surface area contributed by atoms with Crippen molar-refractivity contribution in [2.24, 2.45) is 0 Å². The number of halogens is 5. The molecule has 1 N–H and O–H groups in total. The van der Waals surface area contributed by atoms with Crippen LogP contribution in [0, 0.1) is 0 Å². The van der Waals surface area contributed by atoms with Gasteiger partial charge in [0.15, 0.2) is 0 Å². The number of hydrogen-bond acceptors (Lipinski definition) is 2. The first-order valence-corrected chi connectivity index (χ1v) is 6.35. The van der Waals surface area contributed by atoms with Gasteiger partial charge in [0.25, 0.3) is 12.9 Å². The van der Waals surface area contributed by atoms with Crippen LogP contribution in [0.4, 0.5) is 17.6 Å². The molecule has 112 valence electrons. The quantitative estimate of drug-likeness (QED) is 0.848. The van der Waals surface area contributed by atoms with E-state index in [0.717, 1.165) is 12.8 Å². The number of aromatic nitrogens is 2. The molecule has 0 bridgehead atoms. The molecule has 0 saturated heterocycles. The van der Waals surface area contributed by atoms with E-state index in [-0.39, 0.29) is 6.04 Å². The van der Waals surface area contributed by atoms with Gasteiger partial charge in [0.1, 0.15) is 17.4 Å². The molecule has 1 heterocycles. The van der Waals surface area contributed by atoms with Crippen LogP contribution in [0.2, 0.25) is 5.02 Å². The molecule has 1 fully saturated rings. The molecular formula is C11H12ClF4N3O. The summed E-state index contributed by atoms with van der Waals surface area (Å²) in [6.45, 7) is 1.31. The SMILES string of the molecule is CC(C(=O)NC1CC1)n1nc(C(F)F)c(Cl)c1C(F)F. The molecule has 1 aliphatic rings. The number of alkyl halides is 4. The molecule has 1 unspecified atom stereocenters. The molecule has 0 radical (unpaired) electrons. The van der Waals surface area contributed by atoms with Crippen LogP contribution in [0.15, 0.2) is 0 Å². The van der Waals surface area contributed by atoms with Gasteiger partial charge in [0.05, 0.1) is 5.02 Å². The molecule has 1 aromatic rings. The van der Waals surface area contributed by atoms with E-state index in [9.17, 15) is 22.4 Å². The molecule has 0 aromatic carbocycles. The highest BCUT2D eigenvalue weighted by atomic mass is 35.5. The van der Waals surface area contributed by atoms with Crippen molar-refractivity contribution >= 4 is 17.5 Å². The minimum Gasteiger partial charge on any atom is -0.352 e. The minimum absolute atomic E-state index is 0.0283. The Morgan fingerprint density at radius 3 is 2.40 bits per heavy atom. The molecule has 1 amide bonds. The smallest absolute Gasteiger partial charge is 0.283 e. The van der Waals surface area contributed by atoms with Gasteiger partial charge < -0.3 is 5.32 Å². The number of rotatable bonds is 5. The Kier molecular flexibility index (Phi) is 4.22. The van der Waals surface area contributed by atoms with Crippen LogP contribution in [0.5, 0.6) is 0 Å². The third-order valence-electron chi connectivity index (χ3n) is 3.00. The molecule has 0 spiro atoms. The third kappa shape index (κ3) is 2.89. The van der Waals surface area contributed by atoms with Crippen molar-refractivity contribution in [3.63, 3.8) is 0 Å². The summed E-state index contributed by atoms with van der Waals surface area (Å²) in [4.78, 5) is 11.8. The second kappa shape index (κ2) is 5.59. The fourth-order valence-electron chi connectivity index (χ4n) is 1.74. The number of nitrogens with one attached hydrogen (secondary N) is 1. The topological polar surface area (TPSA) is 46.9 Å². The number of nitrogens with zero attached hydrogens (tertiary/aromatic N) is 2. The number of carbonyl (C=O) groups excluding carboxylic acids is 1. The van der Waals surface area contributed by atoms with Gasteiger partial charge in [0.2, 0.25) is 5.91 Å². The van der Waals surface area contributed by atoms with Crippen molar-refractivity contribution in [2.75, 3.05) is 0 Å². The first-order chi connectivity index (χ1) is 9.32. The van der Waals surface area contributed by atoms with Crippen LogP contribution in [-0.2, 0) is 4.79 Å². The van der Waals surface area contributed by atoms with E-state index in [4.69, 9.17) is 11.6 Å². The summed E-state index contributed by atoms with van der Waals surface area (Å²) in [7, 11) is 0. The molecule has 1 saturated carbocycles. The summed E-state index contributed by atoms with van der Waals surface area (Å²) in [6.07, 6.45) is -4.54. The second-order valence-corrected chi connectivity index (χ2v) is 4.97. The van der Waals surface area contributed by atoms with Crippen LogP contribution < -0.4 is 5.32 Å². The lowest BCUT2D eigenvalue weighted by atomic mass is 10.3. The van der Waals surface area contributed by atoms with Crippen molar-refractivity contribution in [3.8, 4) is 0 Å². The predicted molar refractivity (Wildman–Crippen MR) is 63.0 cm³/mol. The second-order valence-electron chi connectivity index (χ2n) is 4.59. The van der Waals surface area contributed by atoms with E-state index in [0.29, 0.717) is 4.68 Å². The Labute approximate surface area is 117 Å². The lowest BCUT2D eigenvalue weighted by Gasteiger charge is -2.15. The zero-order chi connectivity index (χ0) is 15.0. The minimum atomic E-state index is -3.10. The highest BCUT2D eigenvalue weighted by molar-refractivity contribution is 6.32. The van der Waals surface area contributed by atoms with E-state index in [1.54, 1.807) is 0 Å². The number of hydrogen-bond donors (Lipinski definition) is 1. The van der Waals surface area contributed by atoms with Crippen LogP contribution in [0.1, 0.15) is 50.0 Å². The first-order valence-electron chi connectivity index (χ1n) is 5.97. The average Bonchev–Trinajstić information content (AvgIpc) is 3.08. The van der Waals surface area contributed by atoms with Crippen LogP contribution in [0.3, 0.4) is 0 Å². The van der Waals surface area contributed by atoms with Gasteiger partial charge in [-0.15, -0.1) is 0 Å². The lowest BCUT2D eigenvalue weighted by molar-refractivity contribution is -0.124. The van der Waals surface area contributed by atoms with Gasteiger partial charge in [-0.05, 0) is 19.8 Å². The molecule has 2 rings (SSSR count). The molecular weight excluding hydrogens is 302 g/mol. The number of carbonyl (C=O) groups is 1. The van der Waals surface area contributed by atoms with E-state index in [1.807, 2.05) is 0 Å². The zero-order valence-corrected chi connectivity index (χ0v) is 11.2. The summed E-state index contributed by atoms with van der Waals surface area (Å²) < 4.78 is 51.8. The third-order valence-corrected chi connectivity index (χ3v) is 3.38. The van der Waals surface area contributed by atoms with Gasteiger partial charge in [-0.3, -0.25) is 4.79 Å². The standard InChI is InChI=1S/C11H12ClF4N3O/c1-4(11(20)17-5-2-3-5)19-8(10(15)16)6(12)7(18-19)9(13)14/h4-5,9-10H,2-3H2,1H3,(H,17,20). The Bertz CT molecular complexity index is 516. The highest BCUT2D eigenvalue weighted by Crippen LogP contribution is 2.36. The van der Waals surface area contributed by atoms with E-state index < -0.39 is 41.2 Å². The van der Waals surface area contributed by atoms with Gasteiger partial charge in [-0.1, -0.05) is 11.6 Å². The Morgan fingerprint density at radius 2 is 1.95 bits per heavy atom. The van der Waals surface area contributed by atoms with Crippen molar-refractivity contribution in [1.29, 1.82) is 0 Å². The van der Waals surface area contributed by atoms with E-state index >= 15 is 0 Å². The number of amides is 1. The van der Waals surface area contributed by atoms with Crippen molar-refractivity contribution in [3.05, 3.63) is 16.4 Å². The molecule has 1 aromatic heterocycles. The Hall–Kier alpha value is -1.31. The largest absolute Gasteiger partial charge is 0.352 e. The van der Waals surface area contributed by atoms with E-state index in [2.05, 4.69) is 10.4 Å². The molecule has 4 nitrogen and oxygen atoms in total. The fraction of sp³-hybridized carbons (Fsp3) is 0.636. The van der Waals surface area contributed by atoms with Crippen molar-refractivity contribution < 1.29 is 22.4 Å². The maximum Gasteiger partial charge on any atom is 0.283 e. The first kappa shape index (κ1) is 15.1. The Balaban J connectivity index is 2.33.